The molecule has 0 radical (unpaired) electrons. The lowest BCUT2D eigenvalue weighted by molar-refractivity contribution is -0.128. The van der Waals surface area contributed by atoms with Gasteiger partial charge in [0.2, 0.25) is 11.8 Å². The topological polar surface area (TPSA) is 64.7 Å². The van der Waals surface area contributed by atoms with Crippen molar-refractivity contribution < 1.29 is 14.0 Å². The van der Waals surface area contributed by atoms with Gasteiger partial charge in [-0.1, -0.05) is 19.3 Å². The smallest absolute Gasteiger partial charge is 0.238 e. The summed E-state index contributed by atoms with van der Waals surface area (Å²) in [5, 5.41) is 5.99. The highest BCUT2D eigenvalue weighted by atomic mass is 19.1. The summed E-state index contributed by atoms with van der Waals surface area (Å²) in [4.78, 5) is 29.0. The third-order valence-corrected chi connectivity index (χ3v) is 5.78. The minimum Gasteiger partial charge on any atom is -0.352 e. The van der Waals surface area contributed by atoms with Gasteiger partial charge in [-0.05, 0) is 44.0 Å². The van der Waals surface area contributed by atoms with Crippen LogP contribution in [0.15, 0.2) is 24.3 Å². The molecular weight excluding hydrogens is 359 g/mol. The molecule has 2 aliphatic rings. The zero-order valence-electron chi connectivity index (χ0n) is 16.6. The van der Waals surface area contributed by atoms with Crippen LogP contribution < -0.4 is 10.6 Å². The Morgan fingerprint density at radius 1 is 1.07 bits per heavy atom. The van der Waals surface area contributed by atoms with E-state index in [-0.39, 0.29) is 23.7 Å². The van der Waals surface area contributed by atoms with Gasteiger partial charge in [0, 0.05) is 37.9 Å². The van der Waals surface area contributed by atoms with Crippen molar-refractivity contribution in [2.75, 3.05) is 38.0 Å². The normalized spacial score (nSPS) is 20.5. The molecule has 1 saturated heterocycles. The van der Waals surface area contributed by atoms with Gasteiger partial charge in [-0.2, -0.15) is 0 Å². The molecule has 7 heteroatoms. The molecule has 1 heterocycles. The Morgan fingerprint density at radius 2 is 1.71 bits per heavy atom. The van der Waals surface area contributed by atoms with Crippen molar-refractivity contribution in [3.05, 3.63) is 30.1 Å². The van der Waals surface area contributed by atoms with Crippen molar-refractivity contribution in [2.45, 2.75) is 51.1 Å². The van der Waals surface area contributed by atoms with Crippen molar-refractivity contribution in [1.82, 2.24) is 15.1 Å². The van der Waals surface area contributed by atoms with Gasteiger partial charge >= 0.3 is 0 Å². The number of halogens is 1. The van der Waals surface area contributed by atoms with Crippen LogP contribution in [0.5, 0.6) is 0 Å². The average Bonchev–Trinajstić information content (AvgIpc) is 2.70. The minimum absolute atomic E-state index is 0.108. The molecule has 6 nitrogen and oxygen atoms in total. The maximum atomic E-state index is 12.9. The van der Waals surface area contributed by atoms with Crippen LogP contribution in [0.3, 0.4) is 0 Å². The SMILES string of the molecule is C[C@H](C(=O)NC1CCCCC1)N1CCN(CC(=O)Nc2ccc(F)cc2)CC1. The van der Waals surface area contributed by atoms with Crippen molar-refractivity contribution in [2.24, 2.45) is 0 Å². The highest BCUT2D eigenvalue weighted by molar-refractivity contribution is 5.92. The standard InChI is InChI=1S/C21H31FN4O2/c1-16(21(28)24-18-5-3-2-4-6-18)26-13-11-25(12-14-26)15-20(27)23-19-9-7-17(22)8-10-19/h7-10,16,18H,2-6,11-15H2,1H3,(H,23,27)(H,24,28)/t16-/m1/s1. The number of carbonyl (C=O) groups is 2. The molecule has 28 heavy (non-hydrogen) atoms. The Balaban J connectivity index is 1.39. The number of amides is 2. The second-order valence-corrected chi connectivity index (χ2v) is 7.89. The monoisotopic (exact) mass is 390 g/mol. The van der Waals surface area contributed by atoms with Gasteiger partial charge in [0.05, 0.1) is 12.6 Å². The lowest BCUT2D eigenvalue weighted by atomic mass is 9.95. The molecule has 1 atom stereocenters. The Bertz CT molecular complexity index is 653. The second kappa shape index (κ2) is 9.98. The number of rotatable bonds is 6. The maximum absolute atomic E-state index is 12.9. The predicted octanol–water partition coefficient (Wildman–Crippen LogP) is 2.22. The largest absolute Gasteiger partial charge is 0.352 e. The highest BCUT2D eigenvalue weighted by Crippen LogP contribution is 2.18. The molecule has 1 aromatic rings. The number of piperazine rings is 1. The van der Waals surface area contributed by atoms with E-state index in [9.17, 15) is 14.0 Å². The predicted molar refractivity (Wildman–Crippen MR) is 108 cm³/mol. The van der Waals surface area contributed by atoms with Crippen LogP contribution in [-0.4, -0.2) is 66.4 Å². The van der Waals surface area contributed by atoms with E-state index in [0.29, 0.717) is 18.3 Å². The second-order valence-electron chi connectivity index (χ2n) is 7.89. The number of hydrogen-bond donors (Lipinski definition) is 2. The van der Waals surface area contributed by atoms with E-state index in [1.807, 2.05) is 6.92 Å². The molecule has 1 saturated carbocycles. The molecule has 154 valence electrons. The van der Waals surface area contributed by atoms with Crippen molar-refractivity contribution in [3.63, 3.8) is 0 Å². The van der Waals surface area contributed by atoms with Gasteiger partial charge in [0.25, 0.3) is 0 Å². The maximum Gasteiger partial charge on any atom is 0.238 e. The Hall–Kier alpha value is -1.99. The Morgan fingerprint density at radius 3 is 2.36 bits per heavy atom. The first kappa shape index (κ1) is 20.7. The summed E-state index contributed by atoms with van der Waals surface area (Å²) in [6, 6.07) is 5.95. The van der Waals surface area contributed by atoms with E-state index in [1.54, 1.807) is 12.1 Å². The fourth-order valence-corrected chi connectivity index (χ4v) is 3.98. The zero-order valence-corrected chi connectivity index (χ0v) is 16.6. The van der Waals surface area contributed by atoms with Gasteiger partial charge < -0.3 is 10.6 Å². The van der Waals surface area contributed by atoms with Gasteiger partial charge in [0.15, 0.2) is 0 Å². The third kappa shape index (κ3) is 6.01. The molecule has 1 aliphatic heterocycles. The van der Waals surface area contributed by atoms with Crippen molar-refractivity contribution in [3.8, 4) is 0 Å². The van der Waals surface area contributed by atoms with E-state index in [0.717, 1.165) is 39.0 Å². The van der Waals surface area contributed by atoms with Crippen LogP contribution in [0, 0.1) is 5.82 Å². The zero-order chi connectivity index (χ0) is 19.9. The number of benzene rings is 1. The number of hydrogen-bond acceptors (Lipinski definition) is 4. The van der Waals surface area contributed by atoms with Gasteiger partial charge in [-0.25, -0.2) is 4.39 Å². The molecule has 0 aromatic heterocycles. The fourth-order valence-electron chi connectivity index (χ4n) is 3.98. The third-order valence-electron chi connectivity index (χ3n) is 5.78. The highest BCUT2D eigenvalue weighted by Gasteiger charge is 2.27. The van der Waals surface area contributed by atoms with Crippen molar-refractivity contribution >= 4 is 17.5 Å². The summed E-state index contributed by atoms with van der Waals surface area (Å²) < 4.78 is 12.9. The molecule has 0 unspecified atom stereocenters. The van der Waals surface area contributed by atoms with Crippen LogP contribution in [-0.2, 0) is 9.59 Å². The van der Waals surface area contributed by atoms with Crippen LogP contribution in [0.4, 0.5) is 10.1 Å². The molecule has 1 aliphatic carbocycles. The van der Waals surface area contributed by atoms with E-state index in [2.05, 4.69) is 20.4 Å². The summed E-state index contributed by atoms with van der Waals surface area (Å²) in [6.07, 6.45) is 5.87. The van der Waals surface area contributed by atoms with E-state index < -0.39 is 0 Å². The summed E-state index contributed by atoms with van der Waals surface area (Å²) in [7, 11) is 0. The molecule has 0 spiro atoms. The quantitative estimate of drug-likeness (QED) is 0.782. The summed E-state index contributed by atoms with van der Waals surface area (Å²) in [6.45, 7) is 5.30. The molecule has 2 fully saturated rings. The molecule has 1 aromatic carbocycles. The van der Waals surface area contributed by atoms with Crippen LogP contribution in [0.2, 0.25) is 0 Å². The van der Waals surface area contributed by atoms with Crippen molar-refractivity contribution in [1.29, 1.82) is 0 Å². The molecule has 2 N–H and O–H groups in total. The summed E-state index contributed by atoms with van der Waals surface area (Å²) in [5.74, 6) is -0.312. The number of nitrogens with zero attached hydrogens (tertiary/aromatic N) is 2. The summed E-state index contributed by atoms with van der Waals surface area (Å²) >= 11 is 0. The Kier molecular flexibility index (Phi) is 7.39. The van der Waals surface area contributed by atoms with E-state index in [4.69, 9.17) is 0 Å². The first-order valence-electron chi connectivity index (χ1n) is 10.3. The fraction of sp³-hybridized carbons (Fsp3) is 0.619. The Labute approximate surface area is 166 Å². The molecular formula is C21H31FN4O2. The van der Waals surface area contributed by atoms with E-state index in [1.165, 1.54) is 31.4 Å². The molecule has 2 amide bonds. The lowest BCUT2D eigenvalue weighted by Gasteiger charge is -2.37. The lowest BCUT2D eigenvalue weighted by Crippen LogP contribution is -2.55. The van der Waals surface area contributed by atoms with Gasteiger partial charge in [0.1, 0.15) is 5.82 Å². The molecule has 3 rings (SSSR count). The first-order chi connectivity index (χ1) is 13.5. The van der Waals surface area contributed by atoms with Crippen LogP contribution >= 0.6 is 0 Å². The number of carbonyl (C=O) groups excluding carboxylic acids is 2. The van der Waals surface area contributed by atoms with E-state index >= 15 is 0 Å². The van der Waals surface area contributed by atoms with Gasteiger partial charge in [-0.15, -0.1) is 0 Å². The van der Waals surface area contributed by atoms with Crippen LogP contribution in [0.1, 0.15) is 39.0 Å². The number of nitrogens with one attached hydrogen (secondary N) is 2. The summed E-state index contributed by atoms with van der Waals surface area (Å²) in [5.41, 5.74) is 0.595. The molecule has 0 bridgehead atoms. The van der Waals surface area contributed by atoms with Crippen LogP contribution in [0.25, 0.3) is 0 Å². The van der Waals surface area contributed by atoms with Gasteiger partial charge in [-0.3, -0.25) is 19.4 Å². The minimum atomic E-state index is -0.323. The average molecular weight is 391 g/mol. The number of anilines is 1. The first-order valence-corrected chi connectivity index (χ1v) is 10.3.